The van der Waals surface area contributed by atoms with E-state index in [-0.39, 0.29) is 62.1 Å². The van der Waals surface area contributed by atoms with Crippen molar-refractivity contribution >= 4 is 158 Å². The molecule has 0 aliphatic rings. The van der Waals surface area contributed by atoms with Crippen LogP contribution < -0.4 is 45.0 Å². The smallest absolute Gasteiger partial charge is 0.333 e. The van der Waals surface area contributed by atoms with Crippen molar-refractivity contribution in [2.45, 2.75) is 289 Å². The number of aromatic amines is 1. The molecule has 0 aliphatic heterocycles. The summed E-state index contributed by atoms with van der Waals surface area (Å²) in [6, 6.07) is 38.4. The minimum absolute atomic E-state index is 0.0300. The van der Waals surface area contributed by atoms with Crippen LogP contribution in [-0.2, 0) is 89.4 Å². The predicted molar refractivity (Wildman–Crippen MR) is 569 cm³/mol. The van der Waals surface area contributed by atoms with Crippen LogP contribution in [0.15, 0.2) is 205 Å². The summed E-state index contributed by atoms with van der Waals surface area (Å²) < 4.78 is 55.4. The summed E-state index contributed by atoms with van der Waals surface area (Å²) in [5.41, 5.74) is -6.43. The molecule has 0 fully saturated rings. The first-order chi connectivity index (χ1) is 66.6. The summed E-state index contributed by atoms with van der Waals surface area (Å²) in [5, 5.41) is 30.1. The van der Waals surface area contributed by atoms with Gasteiger partial charge < -0.3 is 52.6 Å². The van der Waals surface area contributed by atoms with Gasteiger partial charge in [-0.3, -0.25) is 37.9 Å². The Kier molecular flexibility index (Phi) is 38.7. The molecule has 10 aromatic heterocycles. The standard InChI is InChI=1S/C26H33BrN2O5S.C25H27N3O6S.C22H25BrN2O5S.C15H19BrN2O4S.C11H16O2.C4H5NO/c1-15(2)33-18(17-12-10-9-11-13-17)14-28-22-19(16(3)20(27)35-22)21(30)29(24(28)32)26(7,8)23(31)34-25(4,5)6;1-14(2)34-17(16-9-7-6-8-10-16)13-27-22-18(15(3)19(35-22)20-26-11-12-33-20)21(29)28(24(27)32)25(4,5)23(30)31;1-12(2)30-15(14-9-7-6-8-10-14)11-24-19-16(13(3)17(23)31-19)18(26)25(21(24)29)22(4,5)20(27)28;1-7-8-10(23-9(7)16)17-13(21)18(11(8)19)15(5,6)12(20)22-14(2,3)4;1-9(2)13-11(8-12)10-6-4-3-5-7-10;1-4-5-2-3-6-4/h9-13,15,18H,14H2,1-8H3;6-12,14,17H,13H2,1-5H3,(H,30,31);6-10,12,15H,11H2,1-5H3,(H,27,28);1-6H3,(H,17,21);3-7,9,11-12H,8H2,1-2H3;2-3H,1H3/t18-;17-;15-;;11-;/m000.0./s1. The molecule has 14 aromatic rings. The average Bonchev–Trinajstić information content (AvgIpc) is 1.64. The molecule has 40 heteroatoms. The number of oxazole rings is 2. The minimum atomic E-state index is -1.78. The molecule has 770 valence electrons. The number of fused-ring (bicyclic) bond motifs is 4. The van der Waals surface area contributed by atoms with E-state index in [0.29, 0.717) is 57.4 Å². The van der Waals surface area contributed by atoms with Gasteiger partial charge in [-0.15, -0.1) is 45.3 Å². The second-order valence-electron chi connectivity index (χ2n) is 38.7. The molecular formula is C103H125Br3N10O23S4. The lowest BCUT2D eigenvalue weighted by molar-refractivity contribution is -0.165. The third-order valence-corrected chi connectivity index (χ3v) is 30.1. The van der Waals surface area contributed by atoms with Crippen LogP contribution in [0.2, 0.25) is 0 Å². The molecule has 0 aliphatic carbocycles. The van der Waals surface area contributed by atoms with Gasteiger partial charge in [-0.2, -0.15) is 0 Å². The van der Waals surface area contributed by atoms with Crippen LogP contribution in [0, 0.1) is 34.6 Å². The molecule has 33 nitrogen and oxygen atoms in total. The van der Waals surface area contributed by atoms with E-state index in [4.69, 9.17) is 42.4 Å². The number of aryl methyl sites for hydroxylation is 5. The number of nitrogens with one attached hydrogen (secondary N) is 1. The van der Waals surface area contributed by atoms with Crippen molar-refractivity contribution in [3.8, 4) is 10.8 Å². The average molecular weight is 2240 g/mol. The van der Waals surface area contributed by atoms with E-state index >= 15 is 0 Å². The van der Waals surface area contributed by atoms with Crippen molar-refractivity contribution in [3.05, 3.63) is 291 Å². The zero-order valence-electron chi connectivity index (χ0n) is 85.1. The number of carbonyl (C=O) groups is 4. The zero-order chi connectivity index (χ0) is 107. The highest BCUT2D eigenvalue weighted by atomic mass is 79.9. The van der Waals surface area contributed by atoms with Gasteiger partial charge in [0.15, 0.2) is 5.89 Å². The maximum absolute atomic E-state index is 13.9. The lowest BCUT2D eigenvalue weighted by Crippen LogP contribution is -2.54. The molecule has 0 spiro atoms. The molecule has 0 saturated heterocycles. The molecule has 4 aromatic carbocycles. The van der Waals surface area contributed by atoms with Gasteiger partial charge in [-0.1, -0.05) is 121 Å². The van der Waals surface area contributed by atoms with E-state index in [0.717, 1.165) is 68.9 Å². The fraction of sp³-hybridized carbons (Fsp3) is 0.437. The van der Waals surface area contributed by atoms with E-state index in [1.54, 1.807) is 86.3 Å². The van der Waals surface area contributed by atoms with Crippen LogP contribution in [0.25, 0.3) is 51.6 Å². The van der Waals surface area contributed by atoms with Crippen LogP contribution in [-0.4, -0.2) is 128 Å². The van der Waals surface area contributed by atoms with Gasteiger partial charge in [0, 0.05) is 6.92 Å². The lowest BCUT2D eigenvalue weighted by atomic mass is 10.0. The quantitative estimate of drug-likeness (QED) is 0.0331. The van der Waals surface area contributed by atoms with Crippen LogP contribution in [0.1, 0.15) is 227 Å². The van der Waals surface area contributed by atoms with Gasteiger partial charge >= 0.3 is 46.6 Å². The number of thiophene rings is 4. The van der Waals surface area contributed by atoms with Crippen molar-refractivity contribution < 1.29 is 71.8 Å². The fourth-order valence-electron chi connectivity index (χ4n) is 15.0. The van der Waals surface area contributed by atoms with Crippen molar-refractivity contribution in [2.24, 2.45) is 0 Å². The third kappa shape index (κ3) is 27.2. The third-order valence-electron chi connectivity index (χ3n) is 22.4. The molecule has 10 heterocycles. The summed E-state index contributed by atoms with van der Waals surface area (Å²) in [6.45, 7) is 46.7. The molecule has 4 atom stereocenters. The molecule has 14 rings (SSSR count). The highest BCUT2D eigenvalue weighted by Crippen LogP contribution is 2.40. The van der Waals surface area contributed by atoms with Crippen LogP contribution in [0.3, 0.4) is 0 Å². The van der Waals surface area contributed by atoms with E-state index < -0.39 is 121 Å². The molecule has 0 amide bonds. The van der Waals surface area contributed by atoms with E-state index in [1.165, 1.54) is 122 Å². The Morgan fingerprint density at radius 1 is 0.392 bits per heavy atom. The van der Waals surface area contributed by atoms with Gasteiger partial charge in [0.05, 0.1) is 101 Å². The number of rotatable bonds is 28. The Labute approximate surface area is 867 Å². The Bertz CT molecular complexity index is 7350. The number of esters is 2. The number of hydrogen-bond acceptors (Lipinski definition) is 27. The number of hydrogen-bond donors (Lipinski definition) is 4. The molecular weight excluding hydrogens is 2110 g/mol. The number of benzene rings is 4. The van der Waals surface area contributed by atoms with Gasteiger partial charge in [0.2, 0.25) is 5.89 Å². The number of carboxylic acids is 2. The maximum atomic E-state index is 13.9. The van der Waals surface area contributed by atoms with Crippen LogP contribution in [0.5, 0.6) is 0 Å². The predicted octanol–water partition coefficient (Wildman–Crippen LogP) is 20.0. The second kappa shape index (κ2) is 47.9. The molecule has 0 radical (unpaired) electrons. The zero-order valence-corrected chi connectivity index (χ0v) is 93.1. The number of halogens is 3. The Morgan fingerprint density at radius 2 is 0.685 bits per heavy atom. The number of nitrogens with zero attached hydrogens (tertiary/aromatic N) is 9. The molecule has 0 bridgehead atoms. The lowest BCUT2D eigenvalue weighted by Gasteiger charge is -2.30. The van der Waals surface area contributed by atoms with E-state index in [2.05, 4.69) is 62.7 Å². The highest BCUT2D eigenvalue weighted by Gasteiger charge is 2.43. The van der Waals surface area contributed by atoms with E-state index in [1.807, 2.05) is 184 Å². The molecule has 143 heavy (non-hydrogen) atoms. The van der Waals surface area contributed by atoms with Gasteiger partial charge in [0.25, 0.3) is 22.2 Å². The normalized spacial score (nSPS) is 12.9. The summed E-state index contributed by atoms with van der Waals surface area (Å²) >= 11 is 15.5. The first-order valence-electron chi connectivity index (χ1n) is 45.9. The number of aliphatic hydroxyl groups excluding tert-OH is 1. The molecule has 0 unspecified atom stereocenters. The SMILES string of the molecule is CC(C)O[C@@H](CO)c1ccccc1.Cc1c(-c2ncco2)sc2c1c(=O)n(C(C)(C)C(=O)O)c(=O)n2C[C@H](OC(C)C)c1ccccc1.Cc1c(Br)sc2[nH]c(=O)n(C(C)(C)C(=O)OC(C)(C)C)c(=O)c12.Cc1c(Br)sc2c1c(=O)n(C(C)(C)C(=O)O)c(=O)n2C[C@H](OC(C)C)c1ccccc1.Cc1c(Br)sc2c1c(=O)n(C(C)(C)C(=O)OC(C)(C)C)c(=O)n2C[C@H](OC(C)C)c1ccccc1.Cc1ncco1. The largest absolute Gasteiger partial charge is 0.480 e. The Morgan fingerprint density at radius 3 is 0.986 bits per heavy atom. The van der Waals surface area contributed by atoms with Crippen LogP contribution in [0.4, 0.5) is 0 Å². The van der Waals surface area contributed by atoms with Gasteiger partial charge in [0.1, 0.15) is 89.6 Å². The summed E-state index contributed by atoms with van der Waals surface area (Å²) in [6.07, 6.45) is 4.31. The fourth-order valence-corrected chi connectivity index (χ4v) is 21.3. The van der Waals surface area contributed by atoms with Gasteiger partial charge in [-0.05, 0) is 272 Å². The number of aliphatic carboxylic acids is 2. The molecule has 0 saturated carbocycles. The monoisotopic (exact) mass is 2230 g/mol. The van der Waals surface area contributed by atoms with Crippen molar-refractivity contribution in [3.63, 3.8) is 0 Å². The number of H-pyrrole nitrogens is 1. The highest BCUT2D eigenvalue weighted by molar-refractivity contribution is 9.11. The van der Waals surface area contributed by atoms with Crippen molar-refractivity contribution in [1.29, 1.82) is 0 Å². The number of aliphatic hydroxyl groups is 1. The number of ether oxygens (including phenoxy) is 6. The summed E-state index contributed by atoms with van der Waals surface area (Å²) in [5.74, 6) is -2.80. The van der Waals surface area contributed by atoms with Crippen molar-refractivity contribution in [2.75, 3.05) is 6.61 Å². The summed E-state index contributed by atoms with van der Waals surface area (Å²) in [7, 11) is 0. The molecule has 4 N–H and O–H groups in total. The first-order valence-corrected chi connectivity index (χ1v) is 51.5. The second-order valence-corrected chi connectivity index (χ2v) is 46.7. The summed E-state index contributed by atoms with van der Waals surface area (Å²) in [4.78, 5) is 170. The first kappa shape index (κ1) is 116. The van der Waals surface area contributed by atoms with Crippen LogP contribution >= 0.6 is 93.1 Å². The Balaban J connectivity index is 0.000000201. The topological polar surface area (TPSA) is 423 Å². The maximum Gasteiger partial charge on any atom is 0.333 e. The van der Waals surface area contributed by atoms with E-state index in [9.17, 15) is 67.7 Å². The minimum Gasteiger partial charge on any atom is -0.480 e. The number of aromatic nitrogens is 10. The number of carbonyl (C=O) groups excluding carboxylic acids is 2. The number of carboxylic acid groups (broad SMARTS) is 2. The Hall–Kier alpha value is -11.0. The van der Waals surface area contributed by atoms with Crippen molar-refractivity contribution in [1.82, 2.24) is 46.9 Å². The van der Waals surface area contributed by atoms with Gasteiger partial charge in [-0.25, -0.2) is 66.6 Å².